The molecular weight excluding hydrogens is 849 g/mol. The fourth-order valence-electron chi connectivity index (χ4n) is 8.11. The van der Waals surface area contributed by atoms with E-state index in [1.165, 1.54) is 9.80 Å². The number of imide groups is 2. The van der Waals surface area contributed by atoms with Gasteiger partial charge in [0.15, 0.2) is 12.5 Å². The number of carbonyl (C=O) groups excluding carboxylic acids is 6. The molecule has 340 valence electrons. The van der Waals surface area contributed by atoms with Crippen molar-refractivity contribution in [2.75, 3.05) is 14.2 Å². The number of nitrogens with zero attached hydrogens (tertiary/aromatic N) is 2. The first-order valence-corrected chi connectivity index (χ1v) is 21.1. The predicted octanol–water partition coefficient (Wildman–Crippen LogP) is 3.99. The number of nitrogens with one attached hydrogen (secondary N) is 4. The molecule has 4 atom stereocenters. The summed E-state index contributed by atoms with van der Waals surface area (Å²) in [5.74, 6) is -1.02. The van der Waals surface area contributed by atoms with Crippen LogP contribution in [-0.2, 0) is 67.4 Å². The molecule has 2 fully saturated rings. The average Bonchev–Trinajstić information content (AvgIpc) is 4.04. The molecule has 2 aliphatic rings. The van der Waals surface area contributed by atoms with Crippen LogP contribution in [-0.4, -0.2) is 94.3 Å². The van der Waals surface area contributed by atoms with Gasteiger partial charge in [-0.2, -0.15) is 0 Å². The third-order valence-corrected chi connectivity index (χ3v) is 11.5. The molecule has 8 rings (SSSR count). The van der Waals surface area contributed by atoms with E-state index in [2.05, 4.69) is 20.6 Å². The van der Waals surface area contributed by atoms with E-state index in [0.717, 1.165) is 56.2 Å². The second-order valence-electron chi connectivity index (χ2n) is 16.0. The third kappa shape index (κ3) is 10.2. The Hall–Kier alpha value is -7.96. The van der Waals surface area contributed by atoms with Crippen LogP contribution < -0.4 is 31.6 Å². The summed E-state index contributed by atoms with van der Waals surface area (Å²) in [7, 11) is 3.15. The van der Waals surface area contributed by atoms with Crippen molar-refractivity contribution in [1.82, 2.24) is 30.4 Å². The van der Waals surface area contributed by atoms with E-state index in [0.29, 0.717) is 35.5 Å². The molecule has 8 N–H and O–H groups in total. The molecule has 0 spiro atoms. The van der Waals surface area contributed by atoms with Crippen LogP contribution in [0.4, 0.5) is 9.59 Å². The molecule has 4 heterocycles. The molecule has 6 aromatic rings. The Kier molecular flexibility index (Phi) is 13.1. The molecule has 18 nitrogen and oxygen atoms in total. The summed E-state index contributed by atoms with van der Waals surface area (Å²) in [4.78, 5) is 86.2. The number of hydrogen-bond acceptors (Lipinski definition) is 12. The summed E-state index contributed by atoms with van der Waals surface area (Å²) in [5, 5.41) is 7.08. The number of ether oxygens (including phenoxy) is 4. The number of amides is 6. The van der Waals surface area contributed by atoms with Crippen molar-refractivity contribution in [3.63, 3.8) is 0 Å². The topological polar surface area (TPSA) is 253 Å². The lowest BCUT2D eigenvalue weighted by molar-refractivity contribution is -0.145. The Morgan fingerprint density at radius 2 is 0.970 bits per heavy atom. The van der Waals surface area contributed by atoms with E-state index in [1.807, 2.05) is 60.7 Å². The van der Waals surface area contributed by atoms with Crippen molar-refractivity contribution >= 4 is 57.6 Å². The second-order valence-corrected chi connectivity index (χ2v) is 16.0. The van der Waals surface area contributed by atoms with Gasteiger partial charge in [-0.1, -0.05) is 36.4 Å². The number of fused-ring (bicyclic) bond motifs is 2. The Balaban J connectivity index is 0.806. The number of hydrogen-bond donors (Lipinski definition) is 6. The first kappa shape index (κ1) is 44.6. The van der Waals surface area contributed by atoms with Gasteiger partial charge < -0.3 is 39.5 Å². The minimum absolute atomic E-state index is 0.0515. The predicted molar refractivity (Wildman–Crippen MR) is 240 cm³/mol. The minimum atomic E-state index is -1.08. The standard InChI is InChI=1S/C48H48N8O10/c1-63-33-9-3-27(4-10-33)19-39-45(59)55(47(61)53-39)25-29-7-13-37-35(17-29)31(23-51-37)21-41(49)65-43(57)15-16-44(58)66-42(50)22-32-24-52-38-14-8-30(18-36(32)38)26-56-46(60)40(54-48(56)62)20-28-5-11-34(64-2)12-6-28/h3-18,23-24,39-42,51-52H,19-22,25-26,49-50H2,1-2H3,(H,53,61)(H,54,62)/b16-15-. The highest BCUT2D eigenvalue weighted by atomic mass is 16.6. The largest absolute Gasteiger partial charge is 0.497 e. The van der Waals surface area contributed by atoms with Gasteiger partial charge in [0, 0.05) is 72.0 Å². The van der Waals surface area contributed by atoms with Crippen molar-refractivity contribution < 1.29 is 47.7 Å². The van der Waals surface area contributed by atoms with Crippen molar-refractivity contribution in [3.05, 3.63) is 143 Å². The number of urea groups is 2. The van der Waals surface area contributed by atoms with Gasteiger partial charge in [0.2, 0.25) is 0 Å². The van der Waals surface area contributed by atoms with Gasteiger partial charge in [-0.15, -0.1) is 0 Å². The number of aromatic nitrogens is 2. The van der Waals surface area contributed by atoms with Crippen molar-refractivity contribution in [1.29, 1.82) is 0 Å². The summed E-state index contributed by atoms with van der Waals surface area (Å²) >= 11 is 0. The minimum Gasteiger partial charge on any atom is -0.497 e. The smallest absolute Gasteiger partial charge is 0.332 e. The zero-order valence-electron chi connectivity index (χ0n) is 36.1. The lowest BCUT2D eigenvalue weighted by atomic mass is 10.0. The van der Waals surface area contributed by atoms with Crippen LogP contribution in [0.1, 0.15) is 33.4 Å². The summed E-state index contributed by atoms with van der Waals surface area (Å²) < 4.78 is 21.1. The molecule has 66 heavy (non-hydrogen) atoms. The normalized spacial score (nSPS) is 17.1. The maximum atomic E-state index is 13.2. The molecule has 4 unspecified atom stereocenters. The van der Waals surface area contributed by atoms with Gasteiger partial charge in [-0.05, 0) is 81.9 Å². The first-order valence-electron chi connectivity index (χ1n) is 21.1. The molecule has 18 heteroatoms. The summed E-state index contributed by atoms with van der Waals surface area (Å²) in [6, 6.07) is 23.2. The lowest BCUT2D eigenvalue weighted by Crippen LogP contribution is -2.32. The van der Waals surface area contributed by atoms with Gasteiger partial charge in [0.05, 0.1) is 27.3 Å². The number of H-pyrrole nitrogens is 2. The molecule has 0 saturated carbocycles. The van der Waals surface area contributed by atoms with E-state index in [1.54, 1.807) is 50.9 Å². The highest BCUT2D eigenvalue weighted by Crippen LogP contribution is 2.26. The molecule has 2 saturated heterocycles. The van der Waals surface area contributed by atoms with Crippen LogP contribution in [0.3, 0.4) is 0 Å². The van der Waals surface area contributed by atoms with Crippen LogP contribution >= 0.6 is 0 Å². The van der Waals surface area contributed by atoms with Gasteiger partial charge in [-0.25, -0.2) is 19.2 Å². The summed E-state index contributed by atoms with van der Waals surface area (Å²) in [6.45, 7) is 0.103. The highest BCUT2D eigenvalue weighted by molar-refractivity contribution is 6.05. The van der Waals surface area contributed by atoms with Gasteiger partial charge >= 0.3 is 24.0 Å². The molecule has 0 bridgehead atoms. The van der Waals surface area contributed by atoms with Crippen LogP contribution in [0.5, 0.6) is 11.5 Å². The van der Waals surface area contributed by atoms with Crippen molar-refractivity contribution in [2.24, 2.45) is 11.5 Å². The monoisotopic (exact) mass is 896 g/mol. The number of rotatable bonds is 18. The van der Waals surface area contributed by atoms with Crippen LogP contribution in [0.2, 0.25) is 0 Å². The third-order valence-electron chi connectivity index (χ3n) is 11.5. The molecule has 0 aliphatic carbocycles. The fraction of sp³-hybridized carbons (Fsp3) is 0.250. The molecule has 2 aliphatic heterocycles. The Morgan fingerprint density at radius 3 is 1.35 bits per heavy atom. The number of carbonyl (C=O) groups is 6. The Labute approximate surface area is 378 Å². The van der Waals surface area contributed by atoms with Crippen molar-refractivity contribution in [3.8, 4) is 11.5 Å². The van der Waals surface area contributed by atoms with Crippen LogP contribution in [0.15, 0.2) is 109 Å². The quantitative estimate of drug-likeness (QED) is 0.0310. The maximum Gasteiger partial charge on any atom is 0.332 e. The molecule has 2 aromatic heterocycles. The molecule has 4 aromatic carbocycles. The fourth-order valence-corrected chi connectivity index (χ4v) is 8.11. The zero-order valence-corrected chi connectivity index (χ0v) is 36.1. The lowest BCUT2D eigenvalue weighted by Gasteiger charge is -2.14. The Morgan fingerprint density at radius 1 is 0.591 bits per heavy atom. The summed E-state index contributed by atoms with van der Waals surface area (Å²) in [5.41, 5.74) is 18.6. The number of nitrogens with two attached hydrogens (primary N) is 2. The summed E-state index contributed by atoms with van der Waals surface area (Å²) in [6.07, 6.45) is 4.00. The Bertz CT molecular complexity index is 2640. The van der Waals surface area contributed by atoms with E-state index in [9.17, 15) is 28.8 Å². The number of methoxy groups -OCH3 is 2. The molecular formula is C48H48N8O10. The average molecular weight is 897 g/mol. The van der Waals surface area contributed by atoms with E-state index >= 15 is 0 Å². The highest BCUT2D eigenvalue weighted by Gasteiger charge is 2.39. The van der Waals surface area contributed by atoms with E-state index < -0.39 is 48.5 Å². The van der Waals surface area contributed by atoms with Crippen LogP contribution in [0, 0.1) is 0 Å². The van der Waals surface area contributed by atoms with E-state index in [4.69, 9.17) is 30.4 Å². The van der Waals surface area contributed by atoms with Gasteiger partial charge in [0.1, 0.15) is 23.6 Å². The molecule has 6 amide bonds. The maximum absolute atomic E-state index is 13.2. The van der Waals surface area contributed by atoms with E-state index in [-0.39, 0.29) is 37.7 Å². The second kappa shape index (κ2) is 19.4. The number of esters is 2. The zero-order chi connectivity index (χ0) is 46.5. The number of benzene rings is 4. The molecule has 0 radical (unpaired) electrons. The SMILES string of the molecule is COc1ccc(CC2NC(=O)N(Cc3ccc4[nH]cc(CC(N)OC(=O)/C=C\C(=O)OC(N)Cc5c[nH]c6ccc(CN7C(=O)NC(Cc8ccc(OC)cc8)C7=O)cc56)c4c3)C2=O)cc1. The van der Waals surface area contributed by atoms with Crippen molar-refractivity contribution in [2.45, 2.75) is 63.3 Å². The van der Waals surface area contributed by atoms with Gasteiger partial charge in [-0.3, -0.25) is 30.9 Å². The first-order chi connectivity index (χ1) is 31.8. The van der Waals surface area contributed by atoms with Gasteiger partial charge in [0.25, 0.3) is 11.8 Å². The number of aromatic amines is 2. The van der Waals surface area contributed by atoms with Crippen LogP contribution in [0.25, 0.3) is 21.8 Å².